The fourth-order valence-corrected chi connectivity index (χ4v) is 3.04. The van der Waals surface area contributed by atoms with E-state index in [9.17, 15) is 14.0 Å². The fraction of sp³-hybridized carbons (Fsp3) is 0.200. The van der Waals surface area contributed by atoms with Crippen LogP contribution in [0.15, 0.2) is 35.4 Å². The summed E-state index contributed by atoms with van der Waals surface area (Å²) in [6.45, 7) is 0. The van der Waals surface area contributed by atoms with Crippen LogP contribution in [0, 0.1) is 5.82 Å². The van der Waals surface area contributed by atoms with E-state index in [1.54, 1.807) is 25.2 Å². The largest absolute Gasteiger partial charge is 0.310 e. The zero-order valence-electron chi connectivity index (χ0n) is 12.2. The highest BCUT2D eigenvalue weighted by molar-refractivity contribution is 5.94. The van der Waals surface area contributed by atoms with Gasteiger partial charge in [0.1, 0.15) is 18.0 Å². The lowest BCUT2D eigenvalue weighted by Crippen LogP contribution is -2.35. The molecule has 0 saturated carbocycles. The van der Waals surface area contributed by atoms with Crippen molar-refractivity contribution in [3.05, 3.63) is 57.9 Å². The van der Waals surface area contributed by atoms with Crippen LogP contribution in [0.25, 0.3) is 5.78 Å². The van der Waals surface area contributed by atoms with Gasteiger partial charge in [-0.15, -0.1) is 0 Å². The first-order valence-corrected chi connectivity index (χ1v) is 7.05. The average molecular weight is 313 g/mol. The van der Waals surface area contributed by atoms with E-state index in [-0.39, 0.29) is 23.7 Å². The number of rotatable bonds is 1. The zero-order valence-corrected chi connectivity index (χ0v) is 12.2. The maximum Gasteiger partial charge on any atom is 0.260 e. The highest BCUT2D eigenvalue weighted by Crippen LogP contribution is 2.35. The Kier molecular flexibility index (Phi) is 2.80. The molecule has 2 aromatic heterocycles. The van der Waals surface area contributed by atoms with Crippen molar-refractivity contribution in [2.45, 2.75) is 12.3 Å². The Labute approximate surface area is 129 Å². The molecule has 4 rings (SSSR count). The number of halogens is 1. The summed E-state index contributed by atoms with van der Waals surface area (Å²) in [7, 11) is 1.57. The molecular formula is C15H12FN5O2. The van der Waals surface area contributed by atoms with Gasteiger partial charge in [-0.2, -0.15) is 14.6 Å². The fourth-order valence-electron chi connectivity index (χ4n) is 3.04. The van der Waals surface area contributed by atoms with E-state index in [4.69, 9.17) is 0 Å². The molecule has 0 radical (unpaired) electrons. The second-order valence-corrected chi connectivity index (χ2v) is 5.42. The summed E-state index contributed by atoms with van der Waals surface area (Å²) in [5.74, 6) is -0.838. The number of nitrogens with one attached hydrogen (secondary N) is 1. The van der Waals surface area contributed by atoms with Gasteiger partial charge in [-0.05, 0) is 11.6 Å². The lowest BCUT2D eigenvalue weighted by atomic mass is 9.86. The minimum Gasteiger partial charge on any atom is -0.310 e. The van der Waals surface area contributed by atoms with Crippen molar-refractivity contribution < 1.29 is 9.18 Å². The van der Waals surface area contributed by atoms with Crippen molar-refractivity contribution in [3.63, 3.8) is 0 Å². The number of fused-ring (bicyclic) bond motifs is 3. The summed E-state index contributed by atoms with van der Waals surface area (Å²) < 4.78 is 16.9. The van der Waals surface area contributed by atoms with Crippen LogP contribution in [0.4, 0.5) is 10.2 Å². The topological polar surface area (TPSA) is 81.3 Å². The second-order valence-electron chi connectivity index (χ2n) is 5.42. The average Bonchev–Trinajstić information content (AvgIpc) is 3.02. The highest BCUT2D eigenvalue weighted by Gasteiger charge is 2.33. The van der Waals surface area contributed by atoms with Gasteiger partial charge < -0.3 is 5.32 Å². The van der Waals surface area contributed by atoms with Crippen molar-refractivity contribution in [2.75, 3.05) is 5.32 Å². The number of hydrogen-bond donors (Lipinski definition) is 1. The first-order chi connectivity index (χ1) is 11.1. The summed E-state index contributed by atoms with van der Waals surface area (Å²) in [5, 5.41) is 6.72. The summed E-state index contributed by atoms with van der Waals surface area (Å²) in [6, 6.07) is 6.16. The third-order valence-electron chi connectivity index (χ3n) is 4.11. The lowest BCUT2D eigenvalue weighted by molar-refractivity contribution is -0.116. The van der Waals surface area contributed by atoms with Gasteiger partial charge in [0.25, 0.3) is 5.56 Å². The molecule has 1 aliphatic heterocycles. The van der Waals surface area contributed by atoms with Gasteiger partial charge in [0.15, 0.2) is 0 Å². The smallest absolute Gasteiger partial charge is 0.260 e. The van der Waals surface area contributed by atoms with Crippen LogP contribution in [-0.2, 0) is 11.8 Å². The Morgan fingerprint density at radius 2 is 2.09 bits per heavy atom. The number of carbonyl (C=O) groups excluding carboxylic acids is 1. The molecule has 0 bridgehead atoms. The number of aryl methyl sites for hydroxylation is 1. The van der Waals surface area contributed by atoms with E-state index >= 15 is 0 Å². The van der Waals surface area contributed by atoms with Gasteiger partial charge >= 0.3 is 0 Å². The molecule has 0 fully saturated rings. The quantitative estimate of drug-likeness (QED) is 0.728. The molecule has 1 aliphatic rings. The van der Waals surface area contributed by atoms with Crippen LogP contribution >= 0.6 is 0 Å². The van der Waals surface area contributed by atoms with Crippen LogP contribution in [0.3, 0.4) is 0 Å². The van der Waals surface area contributed by atoms with Crippen LogP contribution in [0.5, 0.6) is 0 Å². The minimum absolute atomic E-state index is 0.00335. The number of carbonyl (C=O) groups is 1. The molecule has 1 atom stereocenters. The molecule has 1 amide bonds. The van der Waals surface area contributed by atoms with Gasteiger partial charge in [-0.3, -0.25) is 14.2 Å². The monoisotopic (exact) mass is 313 g/mol. The summed E-state index contributed by atoms with van der Waals surface area (Å²) in [5.41, 5.74) is 0.309. The molecule has 8 heteroatoms. The first-order valence-electron chi connectivity index (χ1n) is 7.05. The van der Waals surface area contributed by atoms with Crippen molar-refractivity contribution >= 4 is 17.5 Å². The molecule has 0 spiro atoms. The normalized spacial score (nSPS) is 17.1. The number of nitrogens with zero attached hydrogens (tertiary/aromatic N) is 4. The van der Waals surface area contributed by atoms with Crippen molar-refractivity contribution in [2.24, 2.45) is 7.05 Å². The standard InChI is InChI=1S/C15H12FN5O2/c1-20-14(23)12-9(8-4-2-3-5-10(8)16)6-11(22)19-13(12)21-15(20)17-7-18-21/h2-5,7,9H,6H2,1H3,(H,19,22). The number of aromatic nitrogens is 4. The van der Waals surface area contributed by atoms with E-state index in [0.29, 0.717) is 16.9 Å². The number of benzene rings is 1. The third kappa shape index (κ3) is 1.88. The predicted molar refractivity (Wildman–Crippen MR) is 79.7 cm³/mol. The molecule has 3 aromatic rings. The molecule has 0 saturated heterocycles. The molecule has 1 N–H and O–H groups in total. The van der Waals surface area contributed by atoms with Gasteiger partial charge in [-0.1, -0.05) is 18.2 Å². The Balaban J connectivity index is 2.08. The van der Waals surface area contributed by atoms with Crippen LogP contribution < -0.4 is 10.9 Å². The van der Waals surface area contributed by atoms with E-state index < -0.39 is 11.7 Å². The second kappa shape index (κ2) is 4.73. The van der Waals surface area contributed by atoms with Crippen molar-refractivity contribution in [1.29, 1.82) is 0 Å². The van der Waals surface area contributed by atoms with Crippen molar-refractivity contribution in [3.8, 4) is 0 Å². The number of hydrogen-bond acceptors (Lipinski definition) is 4. The molecule has 3 heterocycles. The summed E-state index contributed by atoms with van der Waals surface area (Å²) >= 11 is 0. The molecule has 7 nitrogen and oxygen atoms in total. The molecule has 1 aromatic carbocycles. The van der Waals surface area contributed by atoms with Crippen LogP contribution in [-0.4, -0.2) is 25.1 Å². The van der Waals surface area contributed by atoms with Gasteiger partial charge in [0, 0.05) is 19.4 Å². The molecule has 23 heavy (non-hydrogen) atoms. The van der Waals surface area contributed by atoms with Crippen LogP contribution in [0.1, 0.15) is 23.5 Å². The maximum atomic E-state index is 14.2. The Morgan fingerprint density at radius 3 is 2.87 bits per heavy atom. The molecular weight excluding hydrogens is 301 g/mol. The minimum atomic E-state index is -0.660. The van der Waals surface area contributed by atoms with Gasteiger partial charge in [0.05, 0.1) is 5.56 Å². The Bertz CT molecular complexity index is 1010. The van der Waals surface area contributed by atoms with E-state index in [2.05, 4.69) is 15.4 Å². The van der Waals surface area contributed by atoms with E-state index in [1.165, 1.54) is 21.5 Å². The Hall–Kier alpha value is -3.03. The maximum absolute atomic E-state index is 14.2. The first kappa shape index (κ1) is 13.6. The lowest BCUT2D eigenvalue weighted by Gasteiger charge is -2.26. The van der Waals surface area contributed by atoms with Crippen LogP contribution in [0.2, 0.25) is 0 Å². The number of anilines is 1. The van der Waals surface area contributed by atoms with Gasteiger partial charge in [-0.25, -0.2) is 4.39 Å². The summed E-state index contributed by atoms with van der Waals surface area (Å²) in [4.78, 5) is 28.8. The van der Waals surface area contributed by atoms with Gasteiger partial charge in [0.2, 0.25) is 11.7 Å². The molecule has 116 valence electrons. The van der Waals surface area contributed by atoms with Crippen molar-refractivity contribution in [1.82, 2.24) is 19.2 Å². The summed E-state index contributed by atoms with van der Waals surface area (Å²) in [6.07, 6.45) is 1.30. The molecule has 0 aliphatic carbocycles. The predicted octanol–water partition coefficient (Wildman–Crippen LogP) is 1.04. The SMILES string of the molecule is Cn1c(=O)c2c(n3ncnc13)NC(=O)CC2c1ccccc1F. The zero-order chi connectivity index (χ0) is 16.1. The van der Waals surface area contributed by atoms with E-state index in [1.807, 2.05) is 0 Å². The Morgan fingerprint density at radius 1 is 1.30 bits per heavy atom. The molecule has 1 unspecified atom stereocenters. The highest BCUT2D eigenvalue weighted by atomic mass is 19.1. The third-order valence-corrected chi connectivity index (χ3v) is 4.11. The van der Waals surface area contributed by atoms with E-state index in [0.717, 1.165) is 0 Å². The number of amides is 1.